The van der Waals surface area contributed by atoms with Crippen molar-refractivity contribution >= 4 is 37.6 Å². The molecular formula is C20H15NO7S. The molecule has 0 radical (unpaired) electrons. The van der Waals surface area contributed by atoms with Gasteiger partial charge in [0.05, 0.1) is 17.4 Å². The van der Waals surface area contributed by atoms with Crippen LogP contribution in [-0.2, 0) is 10.0 Å². The van der Waals surface area contributed by atoms with Crippen LogP contribution in [0.1, 0.15) is 0 Å². The van der Waals surface area contributed by atoms with Gasteiger partial charge in [0.2, 0.25) is 5.43 Å². The fourth-order valence-corrected chi connectivity index (χ4v) is 4.03. The van der Waals surface area contributed by atoms with Crippen molar-refractivity contribution in [3.63, 3.8) is 0 Å². The summed E-state index contributed by atoms with van der Waals surface area (Å²) in [4.78, 5) is 12.8. The highest BCUT2D eigenvalue weighted by atomic mass is 32.2. The molecule has 0 atom stereocenters. The highest BCUT2D eigenvalue weighted by Gasteiger charge is 2.17. The van der Waals surface area contributed by atoms with Gasteiger partial charge in [-0.25, -0.2) is 8.42 Å². The number of benzene rings is 3. The Kier molecular flexibility index (Phi) is 4.31. The Morgan fingerprint density at radius 1 is 0.966 bits per heavy atom. The summed E-state index contributed by atoms with van der Waals surface area (Å²) in [6.07, 6.45) is 0. The van der Waals surface area contributed by atoms with Gasteiger partial charge in [-0.3, -0.25) is 9.52 Å². The van der Waals surface area contributed by atoms with Crippen molar-refractivity contribution in [2.75, 3.05) is 11.8 Å². The highest BCUT2D eigenvalue weighted by Crippen LogP contribution is 2.31. The summed E-state index contributed by atoms with van der Waals surface area (Å²) >= 11 is 0. The number of phenolic OH excluding ortho intramolecular Hbond substituents is 2. The topological polar surface area (TPSA) is 126 Å². The number of hydrogen-bond acceptors (Lipinski definition) is 7. The highest BCUT2D eigenvalue weighted by molar-refractivity contribution is 7.92. The van der Waals surface area contributed by atoms with E-state index in [1.54, 1.807) is 0 Å². The van der Waals surface area contributed by atoms with Crippen molar-refractivity contribution in [2.45, 2.75) is 4.90 Å². The fraction of sp³-hybridized carbons (Fsp3) is 0.0500. The van der Waals surface area contributed by atoms with Gasteiger partial charge in [-0.15, -0.1) is 0 Å². The van der Waals surface area contributed by atoms with Gasteiger partial charge >= 0.3 is 0 Å². The number of anilines is 1. The van der Waals surface area contributed by atoms with Crippen molar-refractivity contribution in [3.8, 4) is 17.2 Å². The standard InChI is InChI=1S/C20H15NO7S/c1-27-13-3-5-14(6-4-13)29(25,26)21-11-2-7-17-15(8-11)20(24)19-16(23)9-12(22)10-18(19)28-17/h2-10,21-23H,1H3. The van der Waals surface area contributed by atoms with Crippen LogP contribution in [0.4, 0.5) is 5.69 Å². The van der Waals surface area contributed by atoms with Crippen LogP contribution in [0, 0.1) is 0 Å². The first-order chi connectivity index (χ1) is 13.8. The molecule has 148 valence electrons. The van der Waals surface area contributed by atoms with E-state index in [-0.39, 0.29) is 38.3 Å². The average molecular weight is 413 g/mol. The lowest BCUT2D eigenvalue weighted by molar-refractivity contribution is 0.414. The summed E-state index contributed by atoms with van der Waals surface area (Å²) < 4.78 is 38.2. The minimum Gasteiger partial charge on any atom is -0.508 e. The number of phenols is 2. The van der Waals surface area contributed by atoms with E-state index in [9.17, 15) is 23.4 Å². The maximum atomic E-state index is 12.8. The maximum Gasteiger partial charge on any atom is 0.261 e. The molecule has 0 fully saturated rings. The molecule has 8 nitrogen and oxygen atoms in total. The van der Waals surface area contributed by atoms with Gasteiger partial charge in [0.1, 0.15) is 33.8 Å². The quantitative estimate of drug-likeness (QED) is 0.439. The Hall–Kier alpha value is -3.72. The van der Waals surface area contributed by atoms with Crippen molar-refractivity contribution in [1.29, 1.82) is 0 Å². The van der Waals surface area contributed by atoms with Crippen molar-refractivity contribution < 1.29 is 27.8 Å². The summed E-state index contributed by atoms with van der Waals surface area (Å²) in [5.41, 5.74) is -0.200. The van der Waals surface area contributed by atoms with Crippen LogP contribution in [0.5, 0.6) is 17.2 Å². The molecular weight excluding hydrogens is 398 g/mol. The van der Waals surface area contributed by atoms with Crippen LogP contribution in [0.25, 0.3) is 21.9 Å². The molecule has 0 aliphatic rings. The Labute approximate surface area is 164 Å². The molecule has 1 aromatic heterocycles. The molecule has 0 spiro atoms. The van der Waals surface area contributed by atoms with Crippen molar-refractivity contribution in [3.05, 3.63) is 64.8 Å². The Balaban J connectivity index is 1.79. The van der Waals surface area contributed by atoms with Gasteiger partial charge in [0, 0.05) is 17.8 Å². The van der Waals surface area contributed by atoms with Gasteiger partial charge < -0.3 is 19.4 Å². The summed E-state index contributed by atoms with van der Waals surface area (Å²) in [7, 11) is -2.42. The van der Waals surface area contributed by atoms with E-state index in [0.717, 1.165) is 6.07 Å². The van der Waals surface area contributed by atoms with E-state index in [2.05, 4.69) is 4.72 Å². The van der Waals surface area contributed by atoms with E-state index < -0.39 is 21.2 Å². The minimum atomic E-state index is -3.90. The van der Waals surface area contributed by atoms with Gasteiger partial charge in [-0.2, -0.15) is 0 Å². The van der Waals surface area contributed by atoms with Crippen molar-refractivity contribution in [1.82, 2.24) is 0 Å². The van der Waals surface area contributed by atoms with E-state index in [1.165, 1.54) is 55.6 Å². The lowest BCUT2D eigenvalue weighted by Crippen LogP contribution is -2.13. The molecule has 3 N–H and O–H groups in total. The second-order valence-electron chi connectivity index (χ2n) is 6.26. The molecule has 0 amide bonds. The third kappa shape index (κ3) is 3.32. The van der Waals surface area contributed by atoms with Crippen molar-refractivity contribution in [2.24, 2.45) is 0 Å². The number of aromatic hydroxyl groups is 2. The lowest BCUT2D eigenvalue weighted by Gasteiger charge is -2.10. The van der Waals surface area contributed by atoms with Crippen LogP contribution in [0.3, 0.4) is 0 Å². The van der Waals surface area contributed by atoms with Gasteiger partial charge in [-0.05, 0) is 42.5 Å². The molecule has 0 saturated carbocycles. The molecule has 3 aromatic carbocycles. The summed E-state index contributed by atoms with van der Waals surface area (Å²) in [5, 5.41) is 19.5. The van der Waals surface area contributed by atoms with Crippen LogP contribution in [0.15, 0.2) is 68.7 Å². The predicted octanol–water partition coefficient (Wildman–Crippen LogP) is 3.17. The summed E-state index contributed by atoms with van der Waals surface area (Å²) in [6.45, 7) is 0. The van der Waals surface area contributed by atoms with Crippen LogP contribution in [0.2, 0.25) is 0 Å². The van der Waals surface area contributed by atoms with E-state index in [0.29, 0.717) is 5.75 Å². The second kappa shape index (κ2) is 6.71. The summed E-state index contributed by atoms with van der Waals surface area (Å²) in [5.74, 6) is -0.161. The van der Waals surface area contributed by atoms with Gasteiger partial charge in [0.15, 0.2) is 0 Å². The zero-order valence-corrected chi connectivity index (χ0v) is 15.9. The normalized spacial score (nSPS) is 11.6. The zero-order valence-electron chi connectivity index (χ0n) is 15.0. The average Bonchev–Trinajstić information content (AvgIpc) is 2.68. The number of ether oxygens (including phenoxy) is 1. The van der Waals surface area contributed by atoms with Crippen LogP contribution in [-0.4, -0.2) is 25.7 Å². The molecule has 0 aliphatic carbocycles. The largest absolute Gasteiger partial charge is 0.508 e. The molecule has 0 aliphatic heterocycles. The molecule has 9 heteroatoms. The molecule has 0 saturated heterocycles. The van der Waals surface area contributed by atoms with E-state index >= 15 is 0 Å². The molecule has 1 heterocycles. The molecule has 29 heavy (non-hydrogen) atoms. The zero-order chi connectivity index (χ0) is 20.8. The number of hydrogen-bond donors (Lipinski definition) is 3. The molecule has 4 aromatic rings. The third-order valence-electron chi connectivity index (χ3n) is 4.36. The maximum absolute atomic E-state index is 12.8. The van der Waals surface area contributed by atoms with Gasteiger partial charge in [0.25, 0.3) is 10.0 Å². The van der Waals surface area contributed by atoms with Crippen LogP contribution < -0.4 is 14.9 Å². The third-order valence-corrected chi connectivity index (χ3v) is 5.76. The SMILES string of the molecule is COc1ccc(S(=O)(=O)Nc2ccc3oc4cc(O)cc(O)c4c(=O)c3c2)cc1. The molecule has 0 bridgehead atoms. The Morgan fingerprint density at radius 2 is 1.69 bits per heavy atom. The minimum absolute atomic E-state index is 0.0200. The number of nitrogens with one attached hydrogen (secondary N) is 1. The predicted molar refractivity (Wildman–Crippen MR) is 107 cm³/mol. The Bertz CT molecular complexity index is 1410. The number of methoxy groups -OCH3 is 1. The Morgan fingerprint density at radius 3 is 2.38 bits per heavy atom. The molecule has 4 rings (SSSR count). The number of rotatable bonds is 4. The monoisotopic (exact) mass is 413 g/mol. The number of fused-ring (bicyclic) bond motifs is 2. The second-order valence-corrected chi connectivity index (χ2v) is 7.94. The van der Waals surface area contributed by atoms with Crippen LogP contribution >= 0.6 is 0 Å². The van der Waals surface area contributed by atoms with E-state index in [1.807, 2.05) is 0 Å². The summed E-state index contributed by atoms with van der Waals surface area (Å²) in [6, 6.07) is 12.3. The molecule has 0 unspecified atom stereocenters. The number of sulfonamides is 1. The first-order valence-corrected chi connectivity index (χ1v) is 9.86. The first-order valence-electron chi connectivity index (χ1n) is 8.38. The van der Waals surface area contributed by atoms with Gasteiger partial charge in [-0.1, -0.05) is 0 Å². The first kappa shape index (κ1) is 18.6. The fourth-order valence-electron chi connectivity index (χ4n) is 2.98. The smallest absolute Gasteiger partial charge is 0.261 e. The van der Waals surface area contributed by atoms with E-state index in [4.69, 9.17) is 9.15 Å². The lowest BCUT2D eigenvalue weighted by atomic mass is 10.1.